The van der Waals surface area contributed by atoms with Crippen molar-refractivity contribution in [3.8, 4) is 0 Å². The summed E-state index contributed by atoms with van der Waals surface area (Å²) in [6.45, 7) is 2.35. The molecule has 9 nitrogen and oxygen atoms in total. The summed E-state index contributed by atoms with van der Waals surface area (Å²) in [5.74, 6) is -0.278. The Morgan fingerprint density at radius 3 is 2.53 bits per heavy atom. The van der Waals surface area contributed by atoms with Gasteiger partial charge in [0.15, 0.2) is 5.78 Å². The molecule has 5 rings (SSSR count). The molecule has 1 aromatic heterocycles. The van der Waals surface area contributed by atoms with Crippen LogP contribution in [0.3, 0.4) is 0 Å². The van der Waals surface area contributed by atoms with Crippen molar-refractivity contribution < 1.29 is 18.9 Å². The molecule has 1 aliphatic rings. The van der Waals surface area contributed by atoms with Crippen molar-refractivity contribution in [1.82, 2.24) is 0 Å². The quantitative estimate of drug-likeness (QED) is 0.0841. The van der Waals surface area contributed by atoms with Crippen LogP contribution in [0.2, 0.25) is 0 Å². The van der Waals surface area contributed by atoms with E-state index in [1.165, 1.54) is 30.5 Å². The number of benzene rings is 3. The Labute approximate surface area is 217 Å². The van der Waals surface area contributed by atoms with Crippen molar-refractivity contribution in [3.63, 3.8) is 0 Å². The van der Waals surface area contributed by atoms with Crippen LogP contribution in [0.4, 0.5) is 17.1 Å². The van der Waals surface area contributed by atoms with Crippen molar-refractivity contribution in [2.45, 2.75) is 0 Å². The van der Waals surface area contributed by atoms with Gasteiger partial charge in [0.05, 0.1) is 35.1 Å². The van der Waals surface area contributed by atoms with Gasteiger partial charge >= 0.3 is 5.63 Å². The van der Waals surface area contributed by atoms with Crippen LogP contribution in [0.25, 0.3) is 17.0 Å². The number of nitro groups is 1. The van der Waals surface area contributed by atoms with E-state index in [1.807, 2.05) is 18.2 Å². The Bertz CT molecular complexity index is 1620. The highest BCUT2D eigenvalue weighted by Crippen LogP contribution is 2.30. The number of carbonyl (C=O) groups excluding carboxylic acids is 1. The van der Waals surface area contributed by atoms with Crippen molar-refractivity contribution in [1.29, 1.82) is 0 Å². The lowest BCUT2D eigenvalue weighted by molar-refractivity contribution is -0.384. The van der Waals surface area contributed by atoms with Gasteiger partial charge in [-0.15, -0.1) is 0 Å². The highest BCUT2D eigenvalue weighted by Gasteiger charge is 2.20. The fourth-order valence-electron chi connectivity index (χ4n) is 4.26. The predicted octanol–water partition coefficient (Wildman–Crippen LogP) is 5.18. The second kappa shape index (κ2) is 11.0. The standard InChI is InChI=1S/C29H23N3O6/c33-26(21-8-10-22(11-9-21)30-19-20-4-3-5-23(18-20)32(35)36)13-12-25-28(31-14-16-37-17-15-31)24-6-1-2-7-27(24)38-29(25)34/h1-13,18-19H,14-17H2/b13-12+,30-19?. The predicted molar refractivity (Wildman–Crippen MR) is 146 cm³/mol. The topological polar surface area (TPSA) is 115 Å². The van der Waals surface area contributed by atoms with Gasteiger partial charge in [-0.2, -0.15) is 0 Å². The second-order valence-corrected chi connectivity index (χ2v) is 8.60. The highest BCUT2D eigenvalue weighted by molar-refractivity contribution is 6.08. The molecule has 1 fully saturated rings. The number of para-hydroxylation sites is 1. The SMILES string of the molecule is O=C(/C=C/c1c(N2CCOCC2)c2ccccc2oc1=O)c1ccc(N=Cc2cccc([N+](=O)[O-])c2)cc1. The van der Waals surface area contributed by atoms with Crippen LogP contribution in [-0.2, 0) is 4.74 Å². The lowest BCUT2D eigenvalue weighted by Gasteiger charge is -2.30. The molecule has 190 valence electrons. The fraction of sp³-hybridized carbons (Fsp3) is 0.138. The molecule has 2 heterocycles. The molecule has 0 N–H and O–H groups in total. The second-order valence-electron chi connectivity index (χ2n) is 8.60. The molecule has 0 saturated carbocycles. The Kier molecular flexibility index (Phi) is 7.19. The molecule has 0 atom stereocenters. The third kappa shape index (κ3) is 5.42. The summed E-state index contributed by atoms with van der Waals surface area (Å²) in [5.41, 5.74) is 2.61. The molecule has 1 aliphatic heterocycles. The Morgan fingerprint density at radius 2 is 1.76 bits per heavy atom. The largest absolute Gasteiger partial charge is 0.422 e. The molecule has 0 unspecified atom stereocenters. The minimum Gasteiger partial charge on any atom is -0.422 e. The average molecular weight is 510 g/mol. The molecule has 0 aliphatic carbocycles. The molecule has 1 saturated heterocycles. The number of non-ortho nitro benzene ring substituents is 1. The van der Waals surface area contributed by atoms with Crippen molar-refractivity contribution in [2.24, 2.45) is 4.99 Å². The number of hydrogen-bond donors (Lipinski definition) is 0. The van der Waals surface area contributed by atoms with Gasteiger partial charge < -0.3 is 14.1 Å². The molecule has 0 bridgehead atoms. The average Bonchev–Trinajstić information content (AvgIpc) is 2.95. The zero-order valence-electron chi connectivity index (χ0n) is 20.3. The van der Waals surface area contributed by atoms with Crippen LogP contribution in [-0.4, -0.2) is 43.2 Å². The van der Waals surface area contributed by atoms with Crippen LogP contribution in [0, 0.1) is 10.1 Å². The van der Waals surface area contributed by atoms with Crippen molar-refractivity contribution >= 4 is 46.1 Å². The van der Waals surface area contributed by atoms with Gasteiger partial charge in [0.25, 0.3) is 5.69 Å². The van der Waals surface area contributed by atoms with E-state index in [2.05, 4.69) is 9.89 Å². The molecule has 0 amide bonds. The number of anilines is 1. The van der Waals surface area contributed by atoms with Gasteiger partial charge in [-0.25, -0.2) is 4.79 Å². The van der Waals surface area contributed by atoms with E-state index in [1.54, 1.807) is 42.5 Å². The van der Waals surface area contributed by atoms with Gasteiger partial charge in [-0.1, -0.05) is 24.3 Å². The van der Waals surface area contributed by atoms with E-state index in [0.29, 0.717) is 54.3 Å². The van der Waals surface area contributed by atoms with E-state index >= 15 is 0 Å². The molecule has 3 aromatic carbocycles. The molecule has 9 heteroatoms. The van der Waals surface area contributed by atoms with Gasteiger partial charge in [0.1, 0.15) is 5.58 Å². The number of hydrogen-bond acceptors (Lipinski definition) is 8. The van der Waals surface area contributed by atoms with Crippen LogP contribution in [0.1, 0.15) is 21.5 Å². The first kappa shape index (κ1) is 24.8. The van der Waals surface area contributed by atoms with Crippen molar-refractivity contribution in [2.75, 3.05) is 31.2 Å². The normalized spacial score (nSPS) is 13.9. The summed E-state index contributed by atoms with van der Waals surface area (Å²) in [6.07, 6.45) is 4.40. The number of nitrogens with zero attached hydrogens (tertiary/aromatic N) is 3. The number of nitro benzene ring substituents is 1. The summed E-state index contributed by atoms with van der Waals surface area (Å²) in [6, 6.07) is 20.1. The number of allylic oxidation sites excluding steroid dienone is 1. The summed E-state index contributed by atoms with van der Waals surface area (Å²) in [4.78, 5) is 42.7. The third-order valence-corrected chi connectivity index (χ3v) is 6.14. The maximum atomic E-state index is 12.9. The number of ether oxygens (including phenoxy) is 1. The monoisotopic (exact) mass is 509 g/mol. The van der Waals surface area contributed by atoms with Crippen LogP contribution < -0.4 is 10.5 Å². The van der Waals surface area contributed by atoms with E-state index in [9.17, 15) is 19.7 Å². The molecule has 0 spiro atoms. The zero-order chi connectivity index (χ0) is 26.5. The first-order chi connectivity index (χ1) is 18.5. The Hall–Kier alpha value is -4.89. The molecule has 0 radical (unpaired) electrons. The summed E-state index contributed by atoms with van der Waals surface area (Å²) >= 11 is 0. The van der Waals surface area contributed by atoms with E-state index in [4.69, 9.17) is 9.15 Å². The molecule has 4 aromatic rings. The van der Waals surface area contributed by atoms with E-state index < -0.39 is 10.5 Å². The minimum absolute atomic E-state index is 0.0149. The molecular weight excluding hydrogens is 486 g/mol. The number of rotatable bonds is 7. The van der Waals surface area contributed by atoms with E-state index in [0.717, 1.165) is 11.1 Å². The van der Waals surface area contributed by atoms with Gasteiger partial charge in [-0.05, 0) is 54.1 Å². The van der Waals surface area contributed by atoms with Gasteiger partial charge in [-0.3, -0.25) is 19.9 Å². The van der Waals surface area contributed by atoms with Crippen LogP contribution >= 0.6 is 0 Å². The smallest absolute Gasteiger partial charge is 0.345 e. The lowest BCUT2D eigenvalue weighted by atomic mass is 10.1. The summed E-state index contributed by atoms with van der Waals surface area (Å²) < 4.78 is 11.0. The Morgan fingerprint density at radius 1 is 1.00 bits per heavy atom. The van der Waals surface area contributed by atoms with Crippen LogP contribution in [0.15, 0.2) is 93.1 Å². The number of fused-ring (bicyclic) bond motifs is 1. The number of ketones is 1. The number of aliphatic imine (C=N–C) groups is 1. The zero-order valence-corrected chi connectivity index (χ0v) is 20.3. The maximum Gasteiger partial charge on any atom is 0.345 e. The third-order valence-electron chi connectivity index (χ3n) is 6.14. The number of morpholine rings is 1. The fourth-order valence-corrected chi connectivity index (χ4v) is 4.26. The van der Waals surface area contributed by atoms with E-state index in [-0.39, 0.29) is 11.5 Å². The summed E-state index contributed by atoms with van der Waals surface area (Å²) in [7, 11) is 0. The number of carbonyl (C=O) groups is 1. The lowest BCUT2D eigenvalue weighted by Crippen LogP contribution is -2.37. The maximum absolute atomic E-state index is 12.9. The first-order valence-electron chi connectivity index (χ1n) is 12.0. The first-order valence-corrected chi connectivity index (χ1v) is 12.0. The summed E-state index contributed by atoms with van der Waals surface area (Å²) in [5, 5.41) is 11.7. The van der Waals surface area contributed by atoms with Crippen LogP contribution in [0.5, 0.6) is 0 Å². The van der Waals surface area contributed by atoms with Gasteiger partial charge in [0, 0.05) is 42.4 Å². The Balaban J connectivity index is 1.38. The highest BCUT2D eigenvalue weighted by atomic mass is 16.6. The van der Waals surface area contributed by atoms with Gasteiger partial charge in [0.2, 0.25) is 0 Å². The minimum atomic E-state index is -0.514. The molecular formula is C29H23N3O6. The molecule has 38 heavy (non-hydrogen) atoms. The van der Waals surface area contributed by atoms with Crippen molar-refractivity contribution in [3.05, 3.63) is 116 Å².